The second kappa shape index (κ2) is 5.94. The number of anilines is 2. The van der Waals surface area contributed by atoms with E-state index in [-0.39, 0.29) is 16.6 Å². The Morgan fingerprint density at radius 1 is 1.40 bits per heavy atom. The van der Waals surface area contributed by atoms with E-state index in [1.54, 1.807) is 13.1 Å². The molecule has 1 aliphatic carbocycles. The molecule has 0 bridgehead atoms. The third-order valence-corrected chi connectivity index (χ3v) is 4.83. The van der Waals surface area contributed by atoms with Crippen LogP contribution in [-0.2, 0) is 16.5 Å². The van der Waals surface area contributed by atoms with Crippen LogP contribution < -0.4 is 11.1 Å². The first-order valence-electron chi connectivity index (χ1n) is 7.64. The lowest BCUT2D eigenvalue weighted by Crippen LogP contribution is -2.51. The highest BCUT2D eigenvalue weighted by Gasteiger charge is 2.47. The van der Waals surface area contributed by atoms with E-state index in [9.17, 15) is 18.0 Å². The predicted octanol–water partition coefficient (Wildman–Crippen LogP) is 3.96. The highest BCUT2D eigenvalue weighted by molar-refractivity contribution is 6.33. The van der Waals surface area contributed by atoms with Crippen molar-refractivity contribution >= 4 is 29.0 Å². The van der Waals surface area contributed by atoms with Crippen molar-refractivity contribution in [2.24, 2.45) is 0 Å². The molecule has 0 unspecified atom stereocenters. The van der Waals surface area contributed by atoms with E-state index >= 15 is 0 Å². The summed E-state index contributed by atoms with van der Waals surface area (Å²) >= 11 is 5.91. The first kappa shape index (κ1) is 17.6. The van der Waals surface area contributed by atoms with Crippen molar-refractivity contribution in [1.82, 2.24) is 9.78 Å². The molecule has 9 heteroatoms. The van der Waals surface area contributed by atoms with Crippen molar-refractivity contribution in [3.63, 3.8) is 0 Å². The Hall–Kier alpha value is -2.22. The third kappa shape index (κ3) is 3.06. The van der Waals surface area contributed by atoms with Crippen LogP contribution in [0.5, 0.6) is 0 Å². The number of halogens is 4. The highest BCUT2D eigenvalue weighted by Crippen LogP contribution is 2.41. The van der Waals surface area contributed by atoms with Crippen LogP contribution in [-0.4, -0.2) is 15.7 Å². The molecular weight excluding hydrogens is 357 g/mol. The maximum atomic E-state index is 12.8. The second-order valence-electron chi connectivity index (χ2n) is 6.17. The lowest BCUT2D eigenvalue weighted by molar-refractivity contribution is -0.137. The number of alkyl halides is 3. The Bertz CT molecular complexity index is 808. The van der Waals surface area contributed by atoms with Crippen LogP contribution >= 0.6 is 11.6 Å². The summed E-state index contributed by atoms with van der Waals surface area (Å²) in [7, 11) is 0. The molecule has 0 atom stereocenters. The standard InChI is InChI=1S/C16H16ClF3N4O/c1-9-8-24(23-13(9)21)15(5-2-6-15)14(25)22-12-4-3-10(7-11(12)17)16(18,19)20/h3-4,7-8H,2,5-6H2,1H3,(H2,21,23)(H,22,25). The number of carbonyl (C=O) groups excluding carboxylic acids is 1. The molecule has 1 aliphatic rings. The number of nitrogens with one attached hydrogen (secondary N) is 1. The number of rotatable bonds is 3. The number of nitrogens with two attached hydrogens (primary N) is 1. The minimum absolute atomic E-state index is 0.128. The molecule has 3 N–H and O–H groups in total. The van der Waals surface area contributed by atoms with Gasteiger partial charge in [0.25, 0.3) is 5.91 Å². The van der Waals surface area contributed by atoms with Crippen LogP contribution in [0.4, 0.5) is 24.7 Å². The van der Waals surface area contributed by atoms with Gasteiger partial charge in [-0.3, -0.25) is 9.48 Å². The van der Waals surface area contributed by atoms with Crippen molar-refractivity contribution in [2.45, 2.75) is 37.9 Å². The number of carbonyl (C=O) groups is 1. The number of hydrogen-bond donors (Lipinski definition) is 2. The van der Waals surface area contributed by atoms with Crippen LogP contribution in [0, 0.1) is 6.92 Å². The van der Waals surface area contributed by atoms with E-state index in [1.807, 2.05) is 0 Å². The molecule has 0 aliphatic heterocycles. The zero-order chi connectivity index (χ0) is 18.4. The summed E-state index contributed by atoms with van der Waals surface area (Å²) in [6.45, 7) is 1.79. The van der Waals surface area contributed by atoms with Crippen molar-refractivity contribution in [3.8, 4) is 0 Å². The molecule has 1 aromatic carbocycles. The largest absolute Gasteiger partial charge is 0.416 e. The average molecular weight is 373 g/mol. The van der Waals surface area contributed by atoms with E-state index in [4.69, 9.17) is 17.3 Å². The van der Waals surface area contributed by atoms with Crippen LogP contribution in [0.2, 0.25) is 5.02 Å². The van der Waals surface area contributed by atoms with Crippen molar-refractivity contribution in [1.29, 1.82) is 0 Å². The minimum Gasteiger partial charge on any atom is -0.382 e. The van der Waals surface area contributed by atoms with E-state index in [0.717, 1.165) is 30.2 Å². The number of amides is 1. The first-order chi connectivity index (χ1) is 11.6. The van der Waals surface area contributed by atoms with Crippen molar-refractivity contribution < 1.29 is 18.0 Å². The normalized spacial score (nSPS) is 16.4. The lowest BCUT2D eigenvalue weighted by Gasteiger charge is -2.40. The molecule has 0 radical (unpaired) electrons. The van der Waals surface area contributed by atoms with Gasteiger partial charge in [0.05, 0.1) is 16.3 Å². The predicted molar refractivity (Wildman–Crippen MR) is 88.3 cm³/mol. The summed E-state index contributed by atoms with van der Waals surface area (Å²) in [5, 5.41) is 6.63. The molecule has 0 spiro atoms. The molecule has 5 nitrogen and oxygen atoms in total. The topological polar surface area (TPSA) is 72.9 Å². The van der Waals surface area contributed by atoms with E-state index in [1.165, 1.54) is 4.68 Å². The van der Waals surface area contributed by atoms with Crippen LogP contribution in [0.3, 0.4) is 0 Å². The summed E-state index contributed by atoms with van der Waals surface area (Å²) in [5.74, 6) is -0.0328. The summed E-state index contributed by atoms with van der Waals surface area (Å²) in [6.07, 6.45) is -0.823. The molecule has 134 valence electrons. The smallest absolute Gasteiger partial charge is 0.382 e. The van der Waals surface area contributed by atoms with E-state index in [2.05, 4.69) is 10.4 Å². The molecule has 25 heavy (non-hydrogen) atoms. The molecular formula is C16H16ClF3N4O. The average Bonchev–Trinajstić information content (AvgIpc) is 2.78. The number of benzene rings is 1. The maximum Gasteiger partial charge on any atom is 0.416 e. The molecule has 1 heterocycles. The number of hydrogen-bond acceptors (Lipinski definition) is 3. The summed E-state index contributed by atoms with van der Waals surface area (Å²) in [4.78, 5) is 12.8. The number of nitrogen functional groups attached to an aromatic ring is 1. The Morgan fingerprint density at radius 3 is 2.52 bits per heavy atom. The summed E-state index contributed by atoms with van der Waals surface area (Å²) in [5.41, 5.74) is 4.88. The lowest BCUT2D eigenvalue weighted by atomic mass is 9.76. The highest BCUT2D eigenvalue weighted by atomic mass is 35.5. The van der Waals surface area contributed by atoms with Gasteiger partial charge < -0.3 is 11.1 Å². The van der Waals surface area contributed by atoms with Crippen LogP contribution in [0.25, 0.3) is 0 Å². The molecule has 1 aromatic heterocycles. The fourth-order valence-electron chi connectivity index (χ4n) is 2.80. The Morgan fingerprint density at radius 2 is 2.08 bits per heavy atom. The van der Waals surface area contributed by atoms with Gasteiger partial charge in [0.1, 0.15) is 11.4 Å². The summed E-state index contributed by atoms with van der Waals surface area (Å²) in [6, 6.07) is 2.82. The zero-order valence-electron chi connectivity index (χ0n) is 13.3. The van der Waals surface area contributed by atoms with Gasteiger partial charge in [-0.2, -0.15) is 18.3 Å². The summed E-state index contributed by atoms with van der Waals surface area (Å²) < 4.78 is 39.7. The number of aryl methyl sites for hydroxylation is 1. The second-order valence-corrected chi connectivity index (χ2v) is 6.58. The van der Waals surface area contributed by atoms with Gasteiger partial charge >= 0.3 is 6.18 Å². The zero-order valence-corrected chi connectivity index (χ0v) is 14.1. The molecule has 2 aromatic rings. The molecule has 1 amide bonds. The van der Waals surface area contributed by atoms with Crippen LogP contribution in [0.15, 0.2) is 24.4 Å². The third-order valence-electron chi connectivity index (χ3n) is 4.52. The number of nitrogens with zero attached hydrogens (tertiary/aromatic N) is 2. The molecule has 0 saturated heterocycles. The van der Waals surface area contributed by atoms with Crippen molar-refractivity contribution in [3.05, 3.63) is 40.5 Å². The minimum atomic E-state index is -4.49. The van der Waals surface area contributed by atoms with Gasteiger partial charge in [-0.15, -0.1) is 0 Å². The van der Waals surface area contributed by atoms with Gasteiger partial charge in [-0.1, -0.05) is 11.6 Å². The Balaban J connectivity index is 1.86. The molecule has 1 fully saturated rings. The first-order valence-corrected chi connectivity index (χ1v) is 8.02. The van der Waals surface area contributed by atoms with Gasteiger partial charge in [0.2, 0.25) is 0 Å². The van der Waals surface area contributed by atoms with Crippen LogP contribution in [0.1, 0.15) is 30.4 Å². The van der Waals surface area contributed by atoms with E-state index < -0.39 is 17.3 Å². The van der Waals surface area contributed by atoms with Gasteiger partial charge in [0, 0.05) is 11.8 Å². The Labute approximate surface area is 146 Å². The molecule has 3 rings (SSSR count). The van der Waals surface area contributed by atoms with E-state index in [0.29, 0.717) is 18.7 Å². The quantitative estimate of drug-likeness (QED) is 0.856. The molecule has 1 saturated carbocycles. The maximum absolute atomic E-state index is 12.8. The van der Waals surface area contributed by atoms with Gasteiger partial charge in [-0.05, 0) is 44.4 Å². The monoisotopic (exact) mass is 372 g/mol. The fraction of sp³-hybridized carbons (Fsp3) is 0.375. The van der Waals surface area contributed by atoms with Gasteiger partial charge in [0.15, 0.2) is 0 Å². The SMILES string of the molecule is Cc1cn(C2(C(=O)Nc3ccc(C(F)(F)F)cc3Cl)CCC2)nc1N. The Kier molecular flexibility index (Phi) is 4.18. The van der Waals surface area contributed by atoms with Gasteiger partial charge in [-0.25, -0.2) is 0 Å². The number of aromatic nitrogens is 2. The fourth-order valence-corrected chi connectivity index (χ4v) is 3.02. The van der Waals surface area contributed by atoms with Crippen molar-refractivity contribution in [2.75, 3.05) is 11.1 Å².